The third-order valence-electron chi connectivity index (χ3n) is 3.97. The molecular weight excluding hydrogens is 336 g/mol. The molecule has 0 bridgehead atoms. The van der Waals surface area contributed by atoms with Gasteiger partial charge >= 0.3 is 0 Å². The summed E-state index contributed by atoms with van der Waals surface area (Å²) in [5.74, 6) is 0.586. The lowest BCUT2D eigenvalue weighted by atomic mass is 10.1. The number of para-hydroxylation sites is 1. The van der Waals surface area contributed by atoms with Gasteiger partial charge in [-0.25, -0.2) is 0 Å². The Morgan fingerprint density at radius 3 is 2.72 bits per heavy atom. The van der Waals surface area contributed by atoms with E-state index in [9.17, 15) is 9.59 Å². The van der Waals surface area contributed by atoms with Gasteiger partial charge in [-0.1, -0.05) is 24.3 Å². The fraction of sp³-hybridized carbons (Fsp3) is 0.263. The number of fused-ring (bicyclic) bond motifs is 1. The van der Waals surface area contributed by atoms with E-state index in [-0.39, 0.29) is 18.2 Å². The van der Waals surface area contributed by atoms with Crippen LogP contribution in [0.25, 0.3) is 0 Å². The lowest BCUT2D eigenvalue weighted by Gasteiger charge is -2.23. The van der Waals surface area contributed by atoms with Crippen LogP contribution in [-0.4, -0.2) is 30.7 Å². The van der Waals surface area contributed by atoms with Crippen molar-refractivity contribution in [2.45, 2.75) is 23.0 Å². The van der Waals surface area contributed by atoms with Gasteiger partial charge in [-0.05, 0) is 36.2 Å². The summed E-state index contributed by atoms with van der Waals surface area (Å²) in [6, 6.07) is 15.4. The standard InChI is InChI=1S/C19H20N2O3S/c1-24-14-8-6-13(7-9-14)10-11-20-18(22)12-17-19(23)21-15-4-2-3-5-16(15)25-17/h2-9,17H,10-12H2,1H3,(H,20,22)(H,21,23). The molecule has 3 rings (SSSR count). The molecule has 0 fully saturated rings. The minimum absolute atomic E-state index is 0.111. The molecule has 1 heterocycles. The quantitative estimate of drug-likeness (QED) is 0.835. The van der Waals surface area contributed by atoms with E-state index in [2.05, 4.69) is 10.6 Å². The first-order chi connectivity index (χ1) is 12.2. The Balaban J connectivity index is 1.47. The highest BCUT2D eigenvalue weighted by Gasteiger charge is 2.28. The molecule has 0 aliphatic carbocycles. The van der Waals surface area contributed by atoms with Crippen molar-refractivity contribution in [2.24, 2.45) is 0 Å². The van der Waals surface area contributed by atoms with Gasteiger partial charge in [-0.3, -0.25) is 9.59 Å². The second-order valence-electron chi connectivity index (χ2n) is 5.74. The van der Waals surface area contributed by atoms with Crippen molar-refractivity contribution in [3.63, 3.8) is 0 Å². The molecule has 130 valence electrons. The van der Waals surface area contributed by atoms with Crippen LogP contribution in [0.3, 0.4) is 0 Å². The summed E-state index contributed by atoms with van der Waals surface area (Å²) in [7, 11) is 1.63. The molecular formula is C19H20N2O3S. The molecule has 2 aromatic rings. The number of carbonyl (C=O) groups excluding carboxylic acids is 2. The van der Waals surface area contributed by atoms with Gasteiger partial charge < -0.3 is 15.4 Å². The third-order valence-corrected chi connectivity index (χ3v) is 5.25. The molecule has 1 aliphatic heterocycles. The topological polar surface area (TPSA) is 67.4 Å². The van der Waals surface area contributed by atoms with Crippen LogP contribution in [0.15, 0.2) is 53.4 Å². The van der Waals surface area contributed by atoms with E-state index in [1.165, 1.54) is 11.8 Å². The summed E-state index contributed by atoms with van der Waals surface area (Å²) < 4.78 is 5.12. The SMILES string of the molecule is COc1ccc(CCNC(=O)CC2Sc3ccccc3NC2=O)cc1. The van der Waals surface area contributed by atoms with Crippen LogP contribution >= 0.6 is 11.8 Å². The Morgan fingerprint density at radius 1 is 1.20 bits per heavy atom. The molecule has 5 nitrogen and oxygen atoms in total. The Hall–Kier alpha value is -2.47. The normalized spacial score (nSPS) is 15.9. The maximum absolute atomic E-state index is 12.1. The highest BCUT2D eigenvalue weighted by Crippen LogP contribution is 2.36. The summed E-state index contributed by atoms with van der Waals surface area (Å²) in [6.07, 6.45) is 0.913. The summed E-state index contributed by atoms with van der Waals surface area (Å²) >= 11 is 1.44. The summed E-state index contributed by atoms with van der Waals surface area (Å²) in [4.78, 5) is 25.3. The number of rotatable bonds is 6. The second kappa shape index (κ2) is 8.07. The maximum atomic E-state index is 12.1. The molecule has 0 aromatic heterocycles. The smallest absolute Gasteiger partial charge is 0.238 e. The van der Waals surface area contributed by atoms with Crippen molar-refractivity contribution in [1.29, 1.82) is 0 Å². The molecule has 0 spiro atoms. The number of thioether (sulfide) groups is 1. The van der Waals surface area contributed by atoms with Gasteiger partial charge in [0, 0.05) is 17.9 Å². The zero-order chi connectivity index (χ0) is 17.6. The largest absolute Gasteiger partial charge is 0.497 e. The number of carbonyl (C=O) groups is 2. The number of hydrogen-bond donors (Lipinski definition) is 2. The van der Waals surface area contributed by atoms with E-state index in [4.69, 9.17) is 4.74 Å². The van der Waals surface area contributed by atoms with Crippen molar-refractivity contribution >= 4 is 29.3 Å². The molecule has 6 heteroatoms. The lowest BCUT2D eigenvalue weighted by molar-refractivity contribution is -0.124. The number of methoxy groups -OCH3 is 1. The molecule has 0 radical (unpaired) electrons. The number of anilines is 1. The zero-order valence-corrected chi connectivity index (χ0v) is 14.8. The van der Waals surface area contributed by atoms with Crippen LogP contribution < -0.4 is 15.4 Å². The summed E-state index contributed by atoms with van der Waals surface area (Å²) in [5.41, 5.74) is 1.94. The van der Waals surface area contributed by atoms with Crippen LogP contribution in [0.5, 0.6) is 5.75 Å². The fourth-order valence-electron chi connectivity index (χ4n) is 2.61. The maximum Gasteiger partial charge on any atom is 0.238 e. The Labute approximate surface area is 151 Å². The van der Waals surface area contributed by atoms with Crippen LogP contribution in [0.4, 0.5) is 5.69 Å². The van der Waals surface area contributed by atoms with Crippen molar-refractivity contribution in [3.8, 4) is 5.75 Å². The highest BCUT2D eigenvalue weighted by atomic mass is 32.2. The number of benzene rings is 2. The number of amides is 2. The molecule has 0 saturated heterocycles. The van der Waals surface area contributed by atoms with Crippen LogP contribution in [0.2, 0.25) is 0 Å². The third kappa shape index (κ3) is 4.54. The van der Waals surface area contributed by atoms with E-state index in [1.54, 1.807) is 7.11 Å². The van der Waals surface area contributed by atoms with Crippen molar-refractivity contribution in [3.05, 3.63) is 54.1 Å². The highest BCUT2D eigenvalue weighted by molar-refractivity contribution is 8.01. The molecule has 25 heavy (non-hydrogen) atoms. The first-order valence-corrected chi connectivity index (χ1v) is 9.00. The van der Waals surface area contributed by atoms with Crippen LogP contribution in [0.1, 0.15) is 12.0 Å². The number of hydrogen-bond acceptors (Lipinski definition) is 4. The van der Waals surface area contributed by atoms with Gasteiger partial charge in [0.25, 0.3) is 0 Å². The van der Waals surface area contributed by atoms with Crippen molar-refractivity contribution in [1.82, 2.24) is 5.32 Å². The lowest BCUT2D eigenvalue weighted by Crippen LogP contribution is -2.35. The molecule has 1 aliphatic rings. The first kappa shape index (κ1) is 17.4. The van der Waals surface area contributed by atoms with E-state index in [0.29, 0.717) is 6.54 Å². The number of ether oxygens (including phenoxy) is 1. The van der Waals surface area contributed by atoms with Gasteiger partial charge in [0.2, 0.25) is 11.8 Å². The Bertz CT molecular complexity index is 762. The predicted octanol–water partition coefficient (Wildman–Crippen LogP) is 2.86. The Kier molecular flexibility index (Phi) is 5.60. The number of nitrogens with one attached hydrogen (secondary N) is 2. The van der Waals surface area contributed by atoms with Gasteiger partial charge in [0.15, 0.2) is 0 Å². The minimum Gasteiger partial charge on any atom is -0.497 e. The molecule has 1 unspecified atom stereocenters. The first-order valence-electron chi connectivity index (χ1n) is 8.12. The van der Waals surface area contributed by atoms with E-state index in [1.807, 2.05) is 48.5 Å². The summed E-state index contributed by atoms with van der Waals surface area (Å²) in [5, 5.41) is 5.35. The van der Waals surface area contributed by atoms with Gasteiger partial charge in [0.1, 0.15) is 5.75 Å². The van der Waals surface area contributed by atoms with Crippen LogP contribution in [0, 0.1) is 0 Å². The minimum atomic E-state index is -0.393. The average Bonchev–Trinajstić information content (AvgIpc) is 2.63. The van der Waals surface area contributed by atoms with E-state index in [0.717, 1.165) is 28.3 Å². The zero-order valence-electron chi connectivity index (χ0n) is 14.0. The van der Waals surface area contributed by atoms with Crippen molar-refractivity contribution < 1.29 is 14.3 Å². The van der Waals surface area contributed by atoms with Gasteiger partial charge in [0.05, 0.1) is 18.0 Å². The van der Waals surface area contributed by atoms with E-state index < -0.39 is 5.25 Å². The molecule has 0 saturated carbocycles. The van der Waals surface area contributed by atoms with Gasteiger partial charge in [-0.2, -0.15) is 0 Å². The van der Waals surface area contributed by atoms with Crippen LogP contribution in [-0.2, 0) is 16.0 Å². The summed E-state index contributed by atoms with van der Waals surface area (Å²) in [6.45, 7) is 0.542. The molecule has 2 aromatic carbocycles. The molecule has 2 amide bonds. The molecule has 2 N–H and O–H groups in total. The monoisotopic (exact) mass is 356 g/mol. The fourth-order valence-corrected chi connectivity index (χ4v) is 3.72. The molecule has 1 atom stereocenters. The van der Waals surface area contributed by atoms with Crippen molar-refractivity contribution in [2.75, 3.05) is 19.0 Å². The Morgan fingerprint density at radius 2 is 1.96 bits per heavy atom. The van der Waals surface area contributed by atoms with E-state index >= 15 is 0 Å². The second-order valence-corrected chi connectivity index (χ2v) is 6.99. The average molecular weight is 356 g/mol. The van der Waals surface area contributed by atoms with Gasteiger partial charge in [-0.15, -0.1) is 11.8 Å². The predicted molar refractivity (Wildman–Crippen MR) is 99.0 cm³/mol.